The second kappa shape index (κ2) is 7.75. The Balaban J connectivity index is 0.00000288. The van der Waals surface area contributed by atoms with Crippen LogP contribution < -0.4 is 15.8 Å². The topological polar surface area (TPSA) is 64.3 Å². The fourth-order valence-corrected chi connectivity index (χ4v) is 2.71. The smallest absolute Gasteiger partial charge is 0.261 e. The summed E-state index contributed by atoms with van der Waals surface area (Å²) in [6, 6.07) is 7.95. The number of benzene rings is 1. The summed E-state index contributed by atoms with van der Waals surface area (Å²) in [6.45, 7) is 10.8. The van der Waals surface area contributed by atoms with Crippen LogP contribution in [0.25, 0.3) is 0 Å². The zero-order chi connectivity index (χ0) is 17.3. The fraction of sp³-hybridized carbons (Fsp3) is 0.632. The summed E-state index contributed by atoms with van der Waals surface area (Å²) in [5.41, 5.74) is 6.88. The molecule has 1 amide bonds. The zero-order valence-electron chi connectivity index (χ0n) is 15.4. The highest BCUT2D eigenvalue weighted by Gasteiger charge is 2.42. The van der Waals surface area contributed by atoms with E-state index in [1.807, 2.05) is 31.2 Å². The second-order valence-electron chi connectivity index (χ2n) is 7.92. The van der Waals surface area contributed by atoms with Crippen LogP contribution in [0.3, 0.4) is 0 Å². The number of amides is 1. The molecule has 0 heterocycles. The Morgan fingerprint density at radius 2 is 1.79 bits per heavy atom. The molecule has 24 heavy (non-hydrogen) atoms. The van der Waals surface area contributed by atoms with E-state index in [-0.39, 0.29) is 29.3 Å². The largest absolute Gasteiger partial charge is 0.481 e. The molecule has 0 saturated heterocycles. The van der Waals surface area contributed by atoms with Crippen molar-refractivity contribution in [3.8, 4) is 5.75 Å². The van der Waals surface area contributed by atoms with Crippen LogP contribution >= 0.6 is 12.4 Å². The predicted molar refractivity (Wildman–Crippen MR) is 101 cm³/mol. The Bertz CT molecular complexity index is 549. The van der Waals surface area contributed by atoms with Crippen molar-refractivity contribution in [3.05, 3.63) is 29.8 Å². The summed E-state index contributed by atoms with van der Waals surface area (Å²) >= 11 is 0. The number of nitrogens with one attached hydrogen (secondary N) is 1. The van der Waals surface area contributed by atoms with E-state index in [0.717, 1.165) is 12.8 Å². The van der Waals surface area contributed by atoms with Crippen molar-refractivity contribution in [1.29, 1.82) is 0 Å². The van der Waals surface area contributed by atoms with Crippen molar-refractivity contribution in [1.82, 2.24) is 5.32 Å². The van der Waals surface area contributed by atoms with Gasteiger partial charge in [-0.25, -0.2) is 0 Å². The van der Waals surface area contributed by atoms with Gasteiger partial charge in [-0.2, -0.15) is 0 Å². The highest BCUT2D eigenvalue weighted by molar-refractivity contribution is 5.85. The molecular formula is C19H31ClN2O2. The summed E-state index contributed by atoms with van der Waals surface area (Å²) in [5.74, 6) is 1.10. The van der Waals surface area contributed by atoms with Crippen LogP contribution in [0, 0.1) is 5.92 Å². The molecule has 3 N–H and O–H groups in total. The summed E-state index contributed by atoms with van der Waals surface area (Å²) in [5, 5.41) is 3.07. The number of carbonyl (C=O) groups is 1. The van der Waals surface area contributed by atoms with Gasteiger partial charge in [-0.15, -0.1) is 12.4 Å². The van der Waals surface area contributed by atoms with E-state index >= 15 is 0 Å². The number of carbonyl (C=O) groups excluding carboxylic acids is 1. The minimum atomic E-state index is -0.542. The number of hydrogen-bond donors (Lipinski definition) is 2. The number of ether oxygens (including phenoxy) is 1. The Morgan fingerprint density at radius 3 is 2.21 bits per heavy atom. The van der Waals surface area contributed by atoms with Gasteiger partial charge in [-0.3, -0.25) is 4.79 Å². The molecule has 0 spiro atoms. The number of nitrogens with two attached hydrogens (primary N) is 1. The Hall–Kier alpha value is -1.26. The molecule has 0 radical (unpaired) electrons. The van der Waals surface area contributed by atoms with Crippen molar-refractivity contribution >= 4 is 18.3 Å². The summed E-state index contributed by atoms with van der Waals surface area (Å²) < 4.78 is 5.78. The molecule has 0 aliphatic heterocycles. The molecule has 0 aromatic heterocycles. The van der Waals surface area contributed by atoms with E-state index in [0.29, 0.717) is 18.2 Å². The normalized spacial score (nSPS) is 18.1. The number of halogens is 1. The summed E-state index contributed by atoms with van der Waals surface area (Å²) in [6.07, 6.45) is 1.73. The Kier molecular flexibility index (Phi) is 6.71. The first-order valence-electron chi connectivity index (χ1n) is 8.45. The van der Waals surface area contributed by atoms with Gasteiger partial charge in [-0.1, -0.05) is 32.9 Å². The maximum atomic E-state index is 12.4. The minimum absolute atomic E-state index is 0. The molecule has 2 unspecified atom stereocenters. The highest BCUT2D eigenvalue weighted by atomic mass is 35.5. The third-order valence-corrected chi connectivity index (χ3v) is 4.71. The molecule has 1 aromatic carbocycles. The van der Waals surface area contributed by atoms with Gasteiger partial charge in [0.15, 0.2) is 6.10 Å². The van der Waals surface area contributed by atoms with Crippen LogP contribution in [-0.4, -0.2) is 24.1 Å². The van der Waals surface area contributed by atoms with Crippen LogP contribution in [0.15, 0.2) is 24.3 Å². The molecule has 1 saturated carbocycles. The average molecular weight is 355 g/mol. The lowest BCUT2D eigenvalue weighted by atomic mass is 9.87. The molecule has 2 atom stereocenters. The molecule has 1 aliphatic rings. The van der Waals surface area contributed by atoms with Crippen LogP contribution in [0.4, 0.5) is 0 Å². The van der Waals surface area contributed by atoms with Gasteiger partial charge >= 0.3 is 0 Å². The molecule has 1 aliphatic carbocycles. The molecular weight excluding hydrogens is 324 g/mol. The maximum absolute atomic E-state index is 12.4. The van der Waals surface area contributed by atoms with Gasteiger partial charge in [0, 0.05) is 6.54 Å². The predicted octanol–water partition coefficient (Wildman–Crippen LogP) is 3.42. The van der Waals surface area contributed by atoms with Crippen molar-refractivity contribution in [2.24, 2.45) is 11.7 Å². The van der Waals surface area contributed by atoms with Crippen LogP contribution in [0.5, 0.6) is 5.75 Å². The Labute approximate surface area is 151 Å². The lowest BCUT2D eigenvalue weighted by Gasteiger charge is -2.31. The molecule has 1 aromatic rings. The summed E-state index contributed by atoms with van der Waals surface area (Å²) in [7, 11) is 0. The molecule has 136 valence electrons. The third-order valence-electron chi connectivity index (χ3n) is 4.71. The van der Waals surface area contributed by atoms with Crippen molar-refractivity contribution in [2.45, 2.75) is 64.5 Å². The molecule has 0 bridgehead atoms. The van der Waals surface area contributed by atoms with Gasteiger partial charge in [0.25, 0.3) is 5.91 Å². The number of hydrogen-bond acceptors (Lipinski definition) is 3. The number of rotatable bonds is 6. The van der Waals surface area contributed by atoms with Crippen LogP contribution in [0.2, 0.25) is 0 Å². The fourth-order valence-electron chi connectivity index (χ4n) is 2.71. The van der Waals surface area contributed by atoms with E-state index < -0.39 is 6.10 Å². The van der Waals surface area contributed by atoms with Crippen molar-refractivity contribution in [2.75, 3.05) is 6.54 Å². The molecule has 5 heteroatoms. The third kappa shape index (κ3) is 5.12. The van der Waals surface area contributed by atoms with Crippen LogP contribution in [-0.2, 0) is 10.2 Å². The first-order valence-corrected chi connectivity index (χ1v) is 8.45. The van der Waals surface area contributed by atoms with Crippen molar-refractivity contribution < 1.29 is 9.53 Å². The molecule has 2 rings (SSSR count). The van der Waals surface area contributed by atoms with E-state index in [1.54, 1.807) is 6.92 Å². The Morgan fingerprint density at radius 1 is 1.25 bits per heavy atom. The average Bonchev–Trinajstić information content (AvgIpc) is 3.31. The molecule has 4 nitrogen and oxygen atoms in total. The first-order chi connectivity index (χ1) is 10.7. The van der Waals surface area contributed by atoms with Gasteiger partial charge in [0.2, 0.25) is 0 Å². The maximum Gasteiger partial charge on any atom is 0.261 e. The zero-order valence-corrected chi connectivity index (χ0v) is 16.2. The van der Waals surface area contributed by atoms with Crippen molar-refractivity contribution in [3.63, 3.8) is 0 Å². The highest BCUT2D eigenvalue weighted by Crippen LogP contribution is 2.39. The molecule has 1 fully saturated rings. The van der Waals surface area contributed by atoms with Gasteiger partial charge in [0.1, 0.15) is 5.75 Å². The lowest BCUT2D eigenvalue weighted by molar-refractivity contribution is -0.129. The van der Waals surface area contributed by atoms with E-state index in [1.165, 1.54) is 5.56 Å². The second-order valence-corrected chi connectivity index (χ2v) is 7.92. The van der Waals surface area contributed by atoms with E-state index in [2.05, 4.69) is 26.1 Å². The lowest BCUT2D eigenvalue weighted by Crippen LogP contribution is -2.56. The van der Waals surface area contributed by atoms with Gasteiger partial charge in [0.05, 0.1) is 5.54 Å². The summed E-state index contributed by atoms with van der Waals surface area (Å²) in [4.78, 5) is 12.4. The SMILES string of the molecule is CC(Oc1ccc(C(C)(C)C)cc1)C(=O)NC(C)(CN)C1CC1.Cl. The van der Waals surface area contributed by atoms with Crippen LogP contribution in [0.1, 0.15) is 53.0 Å². The van der Waals surface area contributed by atoms with E-state index in [4.69, 9.17) is 10.5 Å². The van der Waals surface area contributed by atoms with Gasteiger partial charge < -0.3 is 15.8 Å². The quantitative estimate of drug-likeness (QED) is 0.822. The monoisotopic (exact) mass is 354 g/mol. The van der Waals surface area contributed by atoms with Gasteiger partial charge in [-0.05, 0) is 55.7 Å². The first kappa shape index (κ1) is 20.8. The minimum Gasteiger partial charge on any atom is -0.481 e. The standard InChI is InChI=1S/C19H30N2O2.ClH/c1-13(17(22)21-19(5,12-20)15-6-7-15)23-16-10-8-14(9-11-16)18(2,3)4;/h8-11,13,15H,6-7,12,20H2,1-5H3,(H,21,22);1H. The van der Waals surface area contributed by atoms with E-state index in [9.17, 15) is 4.79 Å².